The summed E-state index contributed by atoms with van der Waals surface area (Å²) in [7, 11) is 0. The molecule has 0 saturated heterocycles. The van der Waals surface area contributed by atoms with Gasteiger partial charge in [0.2, 0.25) is 0 Å². The molecule has 0 radical (unpaired) electrons. The number of benzene rings is 1. The minimum Gasteiger partial charge on any atom is -0.0884 e. The molecule has 0 spiro atoms. The summed E-state index contributed by atoms with van der Waals surface area (Å²) >= 11 is 3.80. The molecule has 76 valence electrons. The second kappa shape index (κ2) is 4.06. The monoisotopic (exact) mass is 252 g/mol. The number of alkyl halides is 1. The van der Waals surface area contributed by atoms with Gasteiger partial charge < -0.3 is 0 Å². The number of rotatable bonds is 2. The maximum atomic E-state index is 3.80. The van der Waals surface area contributed by atoms with Crippen LogP contribution in [0.3, 0.4) is 0 Å². The van der Waals surface area contributed by atoms with Crippen molar-refractivity contribution in [2.45, 2.75) is 43.4 Å². The zero-order chi connectivity index (χ0) is 10.1. The lowest BCUT2D eigenvalue weighted by Crippen LogP contribution is -2.08. The molecule has 2 rings (SSSR count). The van der Waals surface area contributed by atoms with Gasteiger partial charge in [0.1, 0.15) is 0 Å². The second-order valence-electron chi connectivity index (χ2n) is 4.30. The van der Waals surface area contributed by atoms with Gasteiger partial charge in [0, 0.05) is 4.83 Å². The lowest BCUT2D eigenvalue weighted by atomic mass is 9.96. The van der Waals surface area contributed by atoms with Gasteiger partial charge in [0.25, 0.3) is 0 Å². The minimum atomic E-state index is 0.647. The minimum absolute atomic E-state index is 0.647. The van der Waals surface area contributed by atoms with Crippen LogP contribution in [0.4, 0.5) is 0 Å². The van der Waals surface area contributed by atoms with Crippen LogP contribution in [-0.2, 0) is 0 Å². The quantitative estimate of drug-likeness (QED) is 0.683. The van der Waals surface area contributed by atoms with Crippen LogP contribution in [0.2, 0.25) is 0 Å². The highest BCUT2D eigenvalue weighted by atomic mass is 79.9. The zero-order valence-electron chi connectivity index (χ0n) is 8.83. The summed E-state index contributed by atoms with van der Waals surface area (Å²) in [6.07, 6.45) is 2.52. The van der Waals surface area contributed by atoms with Crippen molar-refractivity contribution in [2.24, 2.45) is 0 Å². The number of hydrogen-bond acceptors (Lipinski definition) is 0. The van der Waals surface area contributed by atoms with E-state index in [4.69, 9.17) is 0 Å². The molecule has 1 heteroatoms. The molecule has 0 fully saturated rings. The third-order valence-electron chi connectivity index (χ3n) is 3.36. The van der Waals surface area contributed by atoms with E-state index in [-0.39, 0.29) is 0 Å². The maximum absolute atomic E-state index is 3.80. The van der Waals surface area contributed by atoms with Gasteiger partial charge in [-0.1, -0.05) is 54.0 Å². The second-order valence-corrected chi connectivity index (χ2v) is 5.47. The number of fused-ring (bicyclic) bond motifs is 1. The topological polar surface area (TPSA) is 0 Å². The largest absolute Gasteiger partial charge is 0.0884 e. The average Bonchev–Trinajstić information content (AvgIpc) is 2.56. The first-order valence-corrected chi connectivity index (χ1v) is 6.38. The molecule has 0 bridgehead atoms. The van der Waals surface area contributed by atoms with Gasteiger partial charge in [-0.3, -0.25) is 0 Å². The molecular formula is C13H17Br. The Hall–Kier alpha value is -0.300. The highest BCUT2D eigenvalue weighted by Crippen LogP contribution is 2.45. The average molecular weight is 253 g/mol. The molecule has 0 saturated carbocycles. The summed E-state index contributed by atoms with van der Waals surface area (Å²) in [5.74, 6) is 1.47. The van der Waals surface area contributed by atoms with Gasteiger partial charge in [0.15, 0.2) is 0 Å². The van der Waals surface area contributed by atoms with Gasteiger partial charge in [-0.05, 0) is 35.8 Å². The van der Waals surface area contributed by atoms with Crippen molar-refractivity contribution in [3.8, 4) is 0 Å². The predicted octanol–water partition coefficient (Wildman–Crippen LogP) is 4.45. The van der Waals surface area contributed by atoms with E-state index in [0.29, 0.717) is 4.83 Å². The Balaban J connectivity index is 2.34. The summed E-state index contributed by atoms with van der Waals surface area (Å²) in [5.41, 5.74) is 3.14. The third-order valence-corrected chi connectivity index (χ3v) is 4.65. The molecule has 1 aromatic rings. The van der Waals surface area contributed by atoms with E-state index >= 15 is 0 Å². The first-order valence-electron chi connectivity index (χ1n) is 5.47. The molecule has 14 heavy (non-hydrogen) atoms. The fourth-order valence-corrected chi connectivity index (χ4v) is 3.06. The summed E-state index contributed by atoms with van der Waals surface area (Å²) in [6.45, 7) is 4.60. The van der Waals surface area contributed by atoms with E-state index in [1.165, 1.54) is 12.8 Å². The Bertz CT molecular complexity index is 319. The summed E-state index contributed by atoms with van der Waals surface area (Å²) < 4.78 is 0. The fourth-order valence-electron chi connectivity index (χ4n) is 2.56. The smallest absolute Gasteiger partial charge is 0.0212 e. The lowest BCUT2D eigenvalue weighted by Gasteiger charge is -2.16. The Morgan fingerprint density at radius 1 is 1.36 bits per heavy atom. The molecule has 3 atom stereocenters. The Morgan fingerprint density at radius 2 is 2.00 bits per heavy atom. The van der Waals surface area contributed by atoms with Crippen LogP contribution < -0.4 is 0 Å². The predicted molar refractivity (Wildman–Crippen MR) is 65.2 cm³/mol. The Labute approximate surface area is 94.8 Å². The van der Waals surface area contributed by atoms with Gasteiger partial charge in [0.05, 0.1) is 0 Å². The molecule has 0 aliphatic heterocycles. The van der Waals surface area contributed by atoms with Crippen LogP contribution in [0.5, 0.6) is 0 Å². The molecule has 0 heterocycles. The van der Waals surface area contributed by atoms with Crippen molar-refractivity contribution < 1.29 is 0 Å². The van der Waals surface area contributed by atoms with Crippen molar-refractivity contribution in [2.75, 3.05) is 0 Å². The van der Waals surface area contributed by atoms with Crippen LogP contribution in [0.25, 0.3) is 0 Å². The normalized spacial score (nSPS) is 27.4. The van der Waals surface area contributed by atoms with E-state index in [1.807, 2.05) is 0 Å². The Morgan fingerprint density at radius 3 is 2.64 bits per heavy atom. The van der Waals surface area contributed by atoms with Crippen LogP contribution >= 0.6 is 15.9 Å². The van der Waals surface area contributed by atoms with Gasteiger partial charge >= 0.3 is 0 Å². The van der Waals surface area contributed by atoms with Crippen molar-refractivity contribution in [3.63, 3.8) is 0 Å². The van der Waals surface area contributed by atoms with Gasteiger partial charge in [-0.2, -0.15) is 0 Å². The van der Waals surface area contributed by atoms with E-state index < -0.39 is 0 Å². The maximum Gasteiger partial charge on any atom is 0.0212 e. The van der Waals surface area contributed by atoms with Crippen molar-refractivity contribution in [1.82, 2.24) is 0 Å². The van der Waals surface area contributed by atoms with Crippen LogP contribution in [0, 0.1) is 0 Å². The molecule has 0 amide bonds. The van der Waals surface area contributed by atoms with E-state index in [0.717, 1.165) is 11.8 Å². The lowest BCUT2D eigenvalue weighted by molar-refractivity contribution is 0.589. The van der Waals surface area contributed by atoms with Gasteiger partial charge in [-0.25, -0.2) is 0 Å². The van der Waals surface area contributed by atoms with Gasteiger partial charge in [-0.15, -0.1) is 0 Å². The number of halogens is 1. The molecule has 0 N–H and O–H groups in total. The van der Waals surface area contributed by atoms with Crippen molar-refractivity contribution in [3.05, 3.63) is 35.4 Å². The SMILES string of the molecule is CCC(Br)C1CC(C)c2ccccc21. The third kappa shape index (κ3) is 1.63. The highest BCUT2D eigenvalue weighted by molar-refractivity contribution is 9.09. The molecule has 1 aliphatic carbocycles. The molecule has 0 aromatic heterocycles. The molecular weight excluding hydrogens is 236 g/mol. The van der Waals surface area contributed by atoms with E-state index in [2.05, 4.69) is 54.0 Å². The summed E-state index contributed by atoms with van der Waals surface area (Å²) in [4.78, 5) is 0.647. The molecule has 0 nitrogen and oxygen atoms in total. The van der Waals surface area contributed by atoms with Crippen LogP contribution in [0.15, 0.2) is 24.3 Å². The molecule has 3 unspecified atom stereocenters. The first kappa shape index (κ1) is 10.2. The standard InChI is InChI=1S/C13H17Br/c1-3-13(14)12-8-9(2)10-6-4-5-7-11(10)12/h4-7,9,12-13H,3,8H2,1-2H3. The van der Waals surface area contributed by atoms with E-state index in [9.17, 15) is 0 Å². The highest BCUT2D eigenvalue weighted by Gasteiger charge is 2.31. The van der Waals surface area contributed by atoms with Crippen LogP contribution in [-0.4, -0.2) is 4.83 Å². The first-order chi connectivity index (χ1) is 6.74. The van der Waals surface area contributed by atoms with Crippen LogP contribution in [0.1, 0.15) is 49.7 Å². The fraction of sp³-hybridized carbons (Fsp3) is 0.538. The van der Waals surface area contributed by atoms with Crippen molar-refractivity contribution >= 4 is 15.9 Å². The zero-order valence-corrected chi connectivity index (χ0v) is 10.4. The van der Waals surface area contributed by atoms with Crippen molar-refractivity contribution in [1.29, 1.82) is 0 Å². The molecule has 1 aromatic carbocycles. The number of hydrogen-bond donors (Lipinski definition) is 0. The summed E-state index contributed by atoms with van der Waals surface area (Å²) in [5, 5.41) is 0. The van der Waals surface area contributed by atoms with E-state index in [1.54, 1.807) is 11.1 Å². The summed E-state index contributed by atoms with van der Waals surface area (Å²) in [6, 6.07) is 8.91. The Kier molecular flexibility index (Phi) is 2.96. The molecule has 1 aliphatic rings.